The minimum atomic E-state index is -0.468. The van der Waals surface area contributed by atoms with Gasteiger partial charge in [-0.2, -0.15) is 0 Å². The molecule has 0 aliphatic heterocycles. The molecule has 4 rings (SSSR count). The molecule has 0 radical (unpaired) electrons. The van der Waals surface area contributed by atoms with Gasteiger partial charge in [0.25, 0.3) is 5.91 Å². The van der Waals surface area contributed by atoms with Crippen LogP contribution in [-0.4, -0.2) is 21.7 Å². The summed E-state index contributed by atoms with van der Waals surface area (Å²) in [7, 11) is 0. The third kappa shape index (κ3) is 3.71. The van der Waals surface area contributed by atoms with Gasteiger partial charge in [0, 0.05) is 28.5 Å². The molecule has 1 aromatic heterocycles. The zero-order chi connectivity index (χ0) is 20.4. The third-order valence-corrected chi connectivity index (χ3v) is 5.69. The van der Waals surface area contributed by atoms with Gasteiger partial charge in [0.2, 0.25) is 5.95 Å². The summed E-state index contributed by atoms with van der Waals surface area (Å²) in [5, 5.41) is 11.9. The summed E-state index contributed by atoms with van der Waals surface area (Å²) in [5.41, 5.74) is 8.38. The Kier molecular flexibility index (Phi) is 5.03. The standard InChI is InChI=1S/C22H20ClN5O/c23-18-4-1-3-15(11-18)19(29)28-20(24)22(9-2-10-22)17-7-5-14(6-8-17)16-12-26-21(25)27-13-16/h1,3-8,11-13H,2,9-10H2,(H2,24,28,29)(H2,25,26,27). The number of amides is 1. The van der Waals surface area contributed by atoms with Crippen LogP contribution in [0.2, 0.25) is 5.02 Å². The highest BCUT2D eigenvalue weighted by molar-refractivity contribution is 6.31. The lowest BCUT2D eigenvalue weighted by Gasteiger charge is -2.42. The van der Waals surface area contributed by atoms with Crippen LogP contribution in [0.5, 0.6) is 0 Å². The van der Waals surface area contributed by atoms with E-state index in [1.165, 1.54) is 0 Å². The number of nitrogen functional groups attached to an aromatic ring is 1. The van der Waals surface area contributed by atoms with Gasteiger partial charge in [-0.05, 0) is 42.2 Å². The predicted molar refractivity (Wildman–Crippen MR) is 114 cm³/mol. The van der Waals surface area contributed by atoms with Gasteiger partial charge in [0.15, 0.2) is 0 Å². The minimum Gasteiger partial charge on any atom is -0.368 e. The molecule has 0 saturated heterocycles. The summed E-state index contributed by atoms with van der Waals surface area (Å²) >= 11 is 5.97. The minimum absolute atomic E-state index is 0.220. The summed E-state index contributed by atoms with van der Waals surface area (Å²) < 4.78 is 0. The Balaban J connectivity index is 1.54. The van der Waals surface area contributed by atoms with Crippen molar-refractivity contribution in [3.63, 3.8) is 0 Å². The molecular formula is C22H20ClN5O. The van der Waals surface area contributed by atoms with E-state index in [1.807, 2.05) is 24.3 Å². The molecule has 1 aliphatic carbocycles. The fourth-order valence-electron chi connectivity index (χ4n) is 3.62. The van der Waals surface area contributed by atoms with Crippen LogP contribution in [0.1, 0.15) is 35.2 Å². The van der Waals surface area contributed by atoms with E-state index in [-0.39, 0.29) is 17.7 Å². The maximum Gasteiger partial charge on any atom is 0.256 e. The normalized spacial score (nSPS) is 14.7. The Morgan fingerprint density at radius 2 is 1.76 bits per heavy atom. The maximum absolute atomic E-state index is 12.6. The number of hydrogen-bond donors (Lipinski definition) is 3. The van der Waals surface area contributed by atoms with Crippen molar-refractivity contribution >= 4 is 29.3 Å². The van der Waals surface area contributed by atoms with E-state index in [2.05, 4.69) is 15.3 Å². The van der Waals surface area contributed by atoms with Crippen molar-refractivity contribution in [2.45, 2.75) is 24.7 Å². The van der Waals surface area contributed by atoms with Crippen molar-refractivity contribution in [3.8, 4) is 11.1 Å². The highest BCUT2D eigenvalue weighted by Gasteiger charge is 2.43. The van der Waals surface area contributed by atoms with Crippen LogP contribution in [0.4, 0.5) is 5.95 Å². The van der Waals surface area contributed by atoms with Crippen LogP contribution in [0.15, 0.2) is 60.9 Å². The van der Waals surface area contributed by atoms with Gasteiger partial charge < -0.3 is 11.1 Å². The fourth-order valence-corrected chi connectivity index (χ4v) is 3.81. The summed E-state index contributed by atoms with van der Waals surface area (Å²) in [6.07, 6.45) is 6.04. The topological polar surface area (TPSA) is 105 Å². The average Bonchev–Trinajstić information content (AvgIpc) is 2.68. The van der Waals surface area contributed by atoms with Gasteiger partial charge in [0.1, 0.15) is 5.84 Å². The monoisotopic (exact) mass is 405 g/mol. The second kappa shape index (κ2) is 7.64. The van der Waals surface area contributed by atoms with Crippen LogP contribution in [0.25, 0.3) is 11.1 Å². The first-order valence-corrected chi connectivity index (χ1v) is 9.70. The number of anilines is 1. The molecule has 146 valence electrons. The van der Waals surface area contributed by atoms with Gasteiger partial charge >= 0.3 is 0 Å². The van der Waals surface area contributed by atoms with E-state index >= 15 is 0 Å². The number of nitrogens with one attached hydrogen (secondary N) is 2. The molecule has 7 heteroatoms. The number of amidine groups is 1. The summed E-state index contributed by atoms with van der Waals surface area (Å²) in [6, 6.07) is 14.7. The quantitative estimate of drug-likeness (QED) is 0.446. The smallest absolute Gasteiger partial charge is 0.256 e. The van der Waals surface area contributed by atoms with Gasteiger partial charge in [-0.15, -0.1) is 0 Å². The number of carbonyl (C=O) groups excluding carboxylic acids is 1. The Hall–Kier alpha value is -3.25. The molecule has 1 fully saturated rings. The second-order valence-corrected chi connectivity index (χ2v) is 7.62. The molecule has 1 saturated carbocycles. The third-order valence-electron chi connectivity index (χ3n) is 5.45. The van der Waals surface area contributed by atoms with Crippen molar-refractivity contribution in [2.75, 3.05) is 5.73 Å². The molecular weight excluding hydrogens is 386 g/mol. The van der Waals surface area contributed by atoms with Crippen molar-refractivity contribution in [1.29, 1.82) is 5.41 Å². The van der Waals surface area contributed by atoms with Gasteiger partial charge in [-0.1, -0.05) is 48.4 Å². The van der Waals surface area contributed by atoms with Crippen LogP contribution < -0.4 is 11.1 Å². The van der Waals surface area contributed by atoms with Crippen LogP contribution >= 0.6 is 11.6 Å². The first-order valence-electron chi connectivity index (χ1n) is 9.32. The molecule has 0 unspecified atom stereocenters. The van der Waals surface area contributed by atoms with E-state index in [1.54, 1.807) is 36.7 Å². The maximum atomic E-state index is 12.6. The van der Waals surface area contributed by atoms with E-state index in [4.69, 9.17) is 22.7 Å². The molecule has 4 N–H and O–H groups in total. The number of benzene rings is 2. The number of nitrogens with two attached hydrogens (primary N) is 1. The van der Waals surface area contributed by atoms with Crippen molar-refractivity contribution in [2.24, 2.45) is 0 Å². The first-order chi connectivity index (χ1) is 14.0. The van der Waals surface area contributed by atoms with Crippen molar-refractivity contribution < 1.29 is 4.79 Å². The van der Waals surface area contributed by atoms with Gasteiger partial charge in [-0.3, -0.25) is 10.2 Å². The van der Waals surface area contributed by atoms with Crippen molar-refractivity contribution in [1.82, 2.24) is 15.3 Å². The molecule has 0 atom stereocenters. The first kappa shape index (κ1) is 19.1. The predicted octanol–water partition coefficient (Wildman–Crippen LogP) is 4.21. The molecule has 3 aromatic rings. The number of hydrogen-bond acceptors (Lipinski definition) is 5. The zero-order valence-electron chi connectivity index (χ0n) is 15.7. The summed E-state index contributed by atoms with van der Waals surface area (Å²) in [4.78, 5) is 20.6. The Morgan fingerprint density at radius 1 is 1.07 bits per heavy atom. The molecule has 1 heterocycles. The highest BCUT2D eigenvalue weighted by Crippen LogP contribution is 2.44. The summed E-state index contributed by atoms with van der Waals surface area (Å²) in [6.45, 7) is 0. The number of carbonyl (C=O) groups is 1. The van der Waals surface area contributed by atoms with Crippen molar-refractivity contribution in [3.05, 3.63) is 77.1 Å². The lowest BCUT2D eigenvalue weighted by molar-refractivity contribution is 0.0972. The van der Waals surface area contributed by atoms with E-state index < -0.39 is 5.41 Å². The molecule has 0 bridgehead atoms. The van der Waals surface area contributed by atoms with Gasteiger partial charge in [-0.25, -0.2) is 9.97 Å². The summed E-state index contributed by atoms with van der Waals surface area (Å²) in [5.74, 6) is 0.138. The lowest BCUT2D eigenvalue weighted by atomic mass is 9.63. The molecule has 0 spiro atoms. The lowest BCUT2D eigenvalue weighted by Crippen LogP contribution is -2.50. The molecule has 6 nitrogen and oxygen atoms in total. The number of nitrogens with zero attached hydrogens (tertiary/aromatic N) is 2. The molecule has 1 amide bonds. The SMILES string of the molecule is N=C(NC(=O)c1cccc(Cl)c1)C1(c2ccc(-c3cnc(N)nc3)cc2)CCC1. The highest BCUT2D eigenvalue weighted by atomic mass is 35.5. The molecule has 2 aromatic carbocycles. The largest absolute Gasteiger partial charge is 0.368 e. The van der Waals surface area contributed by atoms with Crippen LogP contribution in [0, 0.1) is 5.41 Å². The second-order valence-electron chi connectivity index (χ2n) is 7.18. The Morgan fingerprint density at radius 3 is 2.34 bits per heavy atom. The average molecular weight is 406 g/mol. The van der Waals surface area contributed by atoms with E-state index in [0.717, 1.165) is 36.0 Å². The van der Waals surface area contributed by atoms with Crippen LogP contribution in [-0.2, 0) is 5.41 Å². The Bertz CT molecular complexity index is 1060. The molecule has 29 heavy (non-hydrogen) atoms. The number of rotatable bonds is 4. The zero-order valence-corrected chi connectivity index (χ0v) is 16.4. The van der Waals surface area contributed by atoms with E-state index in [9.17, 15) is 4.79 Å². The Labute approximate surface area is 173 Å². The van der Waals surface area contributed by atoms with E-state index in [0.29, 0.717) is 10.6 Å². The number of aromatic nitrogens is 2. The molecule has 1 aliphatic rings. The van der Waals surface area contributed by atoms with Crippen LogP contribution in [0.3, 0.4) is 0 Å². The number of halogens is 1. The van der Waals surface area contributed by atoms with Gasteiger partial charge in [0.05, 0.1) is 5.41 Å². The fraction of sp³-hybridized carbons (Fsp3) is 0.182.